The third-order valence-corrected chi connectivity index (χ3v) is 3.70. The number of carbonyl (C=O) groups is 1. The number of aromatic nitrogens is 1. The third kappa shape index (κ3) is 3.46. The van der Waals surface area contributed by atoms with Crippen molar-refractivity contribution in [3.63, 3.8) is 0 Å². The van der Waals surface area contributed by atoms with Crippen LogP contribution in [0.2, 0.25) is 0 Å². The Morgan fingerprint density at radius 3 is 3.21 bits per heavy atom. The van der Waals surface area contributed by atoms with Crippen LogP contribution in [0.5, 0.6) is 0 Å². The first kappa shape index (κ1) is 13.8. The van der Waals surface area contributed by atoms with Crippen LogP contribution in [-0.2, 0) is 4.79 Å². The van der Waals surface area contributed by atoms with Gasteiger partial charge in [-0.1, -0.05) is 19.4 Å². The van der Waals surface area contributed by atoms with E-state index in [1.165, 1.54) is 12.8 Å². The van der Waals surface area contributed by atoms with Crippen molar-refractivity contribution in [2.75, 3.05) is 18.4 Å². The van der Waals surface area contributed by atoms with E-state index in [1.54, 1.807) is 0 Å². The number of anilines is 1. The summed E-state index contributed by atoms with van der Waals surface area (Å²) in [6.45, 7) is 3.97. The fraction of sp³-hybridized carbons (Fsp3) is 0.600. The molecule has 2 rings (SSSR count). The highest BCUT2D eigenvalue weighted by atomic mass is 16.1. The third-order valence-electron chi connectivity index (χ3n) is 3.70. The standard InChI is InChI=1S/C15H23N3O/c1-2-3-9-16-15-13(7-6-10-17-15)14-8-4-5-11-18(14)12-19/h6-7,10,12,14H,2-5,8-9,11H2,1H3,(H,16,17). The van der Waals surface area contributed by atoms with E-state index < -0.39 is 0 Å². The van der Waals surface area contributed by atoms with Crippen LogP contribution in [-0.4, -0.2) is 29.4 Å². The highest BCUT2D eigenvalue weighted by Gasteiger charge is 2.24. The van der Waals surface area contributed by atoms with Crippen LogP contribution < -0.4 is 5.32 Å². The fourth-order valence-corrected chi connectivity index (χ4v) is 2.63. The Morgan fingerprint density at radius 1 is 1.53 bits per heavy atom. The van der Waals surface area contributed by atoms with E-state index in [0.717, 1.165) is 50.1 Å². The van der Waals surface area contributed by atoms with Gasteiger partial charge in [0.05, 0.1) is 6.04 Å². The second kappa shape index (κ2) is 7.12. The van der Waals surface area contributed by atoms with Gasteiger partial charge in [0.1, 0.15) is 5.82 Å². The van der Waals surface area contributed by atoms with Gasteiger partial charge in [0.15, 0.2) is 0 Å². The predicted molar refractivity (Wildman–Crippen MR) is 77.0 cm³/mol. The summed E-state index contributed by atoms with van der Waals surface area (Å²) in [5.41, 5.74) is 1.16. The maximum absolute atomic E-state index is 11.2. The lowest BCUT2D eigenvalue weighted by Crippen LogP contribution is -2.32. The maximum atomic E-state index is 11.2. The van der Waals surface area contributed by atoms with Gasteiger partial charge in [-0.3, -0.25) is 4.79 Å². The first-order chi connectivity index (χ1) is 9.36. The molecule has 1 aliphatic heterocycles. The molecule has 1 N–H and O–H groups in total. The van der Waals surface area contributed by atoms with Crippen LogP contribution in [0.3, 0.4) is 0 Å². The smallest absolute Gasteiger partial charge is 0.210 e. The first-order valence-electron chi connectivity index (χ1n) is 7.26. The summed E-state index contributed by atoms with van der Waals surface area (Å²) in [5, 5.41) is 3.40. The Hall–Kier alpha value is -1.58. The number of piperidine rings is 1. The molecule has 1 aromatic rings. The predicted octanol–water partition coefficient (Wildman–Crippen LogP) is 2.98. The molecule has 1 unspecified atom stereocenters. The molecule has 0 saturated carbocycles. The topological polar surface area (TPSA) is 45.2 Å². The second-order valence-corrected chi connectivity index (χ2v) is 5.08. The van der Waals surface area contributed by atoms with E-state index in [9.17, 15) is 4.79 Å². The molecule has 1 saturated heterocycles. The lowest BCUT2D eigenvalue weighted by molar-refractivity contribution is -0.121. The molecule has 4 nitrogen and oxygen atoms in total. The van der Waals surface area contributed by atoms with Crippen molar-refractivity contribution in [3.8, 4) is 0 Å². The van der Waals surface area contributed by atoms with Gasteiger partial charge in [0.2, 0.25) is 6.41 Å². The number of amides is 1. The molecular weight excluding hydrogens is 238 g/mol. The summed E-state index contributed by atoms with van der Waals surface area (Å²) in [7, 11) is 0. The van der Waals surface area contributed by atoms with Gasteiger partial charge in [-0.05, 0) is 31.7 Å². The molecule has 0 spiro atoms. The van der Waals surface area contributed by atoms with Gasteiger partial charge in [-0.25, -0.2) is 4.98 Å². The number of rotatable bonds is 6. The fourth-order valence-electron chi connectivity index (χ4n) is 2.63. The lowest BCUT2D eigenvalue weighted by atomic mass is 9.96. The second-order valence-electron chi connectivity index (χ2n) is 5.08. The molecule has 19 heavy (non-hydrogen) atoms. The van der Waals surface area contributed by atoms with E-state index in [2.05, 4.69) is 23.3 Å². The molecule has 0 radical (unpaired) electrons. The Kier molecular flexibility index (Phi) is 5.19. The molecule has 1 fully saturated rings. The maximum Gasteiger partial charge on any atom is 0.210 e. The number of hydrogen-bond donors (Lipinski definition) is 1. The minimum absolute atomic E-state index is 0.184. The van der Waals surface area contributed by atoms with Crippen LogP contribution in [0.4, 0.5) is 5.82 Å². The molecule has 4 heteroatoms. The van der Waals surface area contributed by atoms with Crippen LogP contribution in [0.1, 0.15) is 50.6 Å². The zero-order valence-corrected chi connectivity index (χ0v) is 11.6. The molecular formula is C15H23N3O. The molecule has 1 aromatic heterocycles. The van der Waals surface area contributed by atoms with Gasteiger partial charge >= 0.3 is 0 Å². The number of hydrogen-bond acceptors (Lipinski definition) is 3. The Balaban J connectivity index is 2.15. The monoisotopic (exact) mass is 261 g/mol. The Labute approximate surface area is 115 Å². The highest BCUT2D eigenvalue weighted by Crippen LogP contribution is 2.32. The van der Waals surface area contributed by atoms with Gasteiger partial charge in [-0.15, -0.1) is 0 Å². The number of nitrogens with one attached hydrogen (secondary N) is 1. The van der Waals surface area contributed by atoms with Gasteiger partial charge in [0, 0.05) is 24.8 Å². The zero-order chi connectivity index (χ0) is 13.5. The summed E-state index contributed by atoms with van der Waals surface area (Å²) in [6, 6.07) is 4.23. The van der Waals surface area contributed by atoms with Gasteiger partial charge < -0.3 is 10.2 Å². The molecule has 0 aromatic carbocycles. The van der Waals surface area contributed by atoms with Crippen LogP contribution in [0.15, 0.2) is 18.3 Å². The van der Waals surface area contributed by atoms with Crippen LogP contribution in [0.25, 0.3) is 0 Å². The molecule has 1 aliphatic rings. The quantitative estimate of drug-likeness (QED) is 0.632. The van der Waals surface area contributed by atoms with E-state index >= 15 is 0 Å². The average molecular weight is 261 g/mol. The average Bonchev–Trinajstić information content (AvgIpc) is 2.48. The number of nitrogens with zero attached hydrogens (tertiary/aromatic N) is 2. The summed E-state index contributed by atoms with van der Waals surface area (Å²) in [4.78, 5) is 17.5. The SMILES string of the molecule is CCCCNc1ncccc1C1CCCCN1C=O. The Bertz CT molecular complexity index is 408. The molecule has 1 atom stereocenters. The number of carbonyl (C=O) groups excluding carboxylic acids is 1. The van der Waals surface area contributed by atoms with Gasteiger partial charge in [0.25, 0.3) is 0 Å². The van der Waals surface area contributed by atoms with E-state index in [0.29, 0.717) is 0 Å². The molecule has 0 aliphatic carbocycles. The molecule has 104 valence electrons. The van der Waals surface area contributed by atoms with Crippen molar-refractivity contribution in [3.05, 3.63) is 23.9 Å². The normalized spacial score (nSPS) is 19.2. The summed E-state index contributed by atoms with van der Waals surface area (Å²) in [6.07, 6.45) is 8.41. The summed E-state index contributed by atoms with van der Waals surface area (Å²) in [5.74, 6) is 0.940. The summed E-state index contributed by atoms with van der Waals surface area (Å²) >= 11 is 0. The van der Waals surface area contributed by atoms with Crippen molar-refractivity contribution in [2.24, 2.45) is 0 Å². The molecule has 0 bridgehead atoms. The Morgan fingerprint density at radius 2 is 2.42 bits per heavy atom. The van der Waals surface area contributed by atoms with Crippen LogP contribution >= 0.6 is 0 Å². The first-order valence-corrected chi connectivity index (χ1v) is 7.26. The van der Waals surface area contributed by atoms with Crippen molar-refractivity contribution >= 4 is 12.2 Å². The summed E-state index contributed by atoms with van der Waals surface area (Å²) < 4.78 is 0. The van der Waals surface area contributed by atoms with Crippen molar-refractivity contribution in [2.45, 2.75) is 45.1 Å². The van der Waals surface area contributed by atoms with E-state index in [-0.39, 0.29) is 6.04 Å². The van der Waals surface area contributed by atoms with Crippen molar-refractivity contribution < 1.29 is 4.79 Å². The number of likely N-dealkylation sites (tertiary alicyclic amines) is 1. The number of pyridine rings is 1. The lowest BCUT2D eigenvalue weighted by Gasteiger charge is -2.33. The van der Waals surface area contributed by atoms with Crippen molar-refractivity contribution in [1.29, 1.82) is 0 Å². The minimum atomic E-state index is 0.184. The van der Waals surface area contributed by atoms with Crippen LogP contribution in [0, 0.1) is 0 Å². The number of unbranched alkanes of at least 4 members (excludes halogenated alkanes) is 1. The largest absolute Gasteiger partial charge is 0.370 e. The van der Waals surface area contributed by atoms with Crippen molar-refractivity contribution in [1.82, 2.24) is 9.88 Å². The minimum Gasteiger partial charge on any atom is -0.370 e. The van der Waals surface area contributed by atoms with E-state index in [4.69, 9.17) is 0 Å². The van der Waals surface area contributed by atoms with E-state index in [1.807, 2.05) is 17.2 Å². The zero-order valence-electron chi connectivity index (χ0n) is 11.6. The highest BCUT2D eigenvalue weighted by molar-refractivity contribution is 5.53. The molecule has 2 heterocycles. The van der Waals surface area contributed by atoms with Gasteiger partial charge in [-0.2, -0.15) is 0 Å². The molecule has 1 amide bonds.